The van der Waals surface area contributed by atoms with Crippen molar-refractivity contribution in [3.8, 4) is 16.9 Å². The third-order valence-corrected chi connectivity index (χ3v) is 5.29. The summed E-state index contributed by atoms with van der Waals surface area (Å²) < 4.78 is 2.15. The van der Waals surface area contributed by atoms with Crippen molar-refractivity contribution >= 4 is 0 Å². The van der Waals surface area contributed by atoms with Gasteiger partial charge in [-0.2, -0.15) is 5.10 Å². The fraction of sp³-hybridized carbons (Fsp3) is 0.318. The first-order valence-corrected chi connectivity index (χ1v) is 9.17. The predicted octanol–water partition coefficient (Wildman–Crippen LogP) is 4.62. The summed E-state index contributed by atoms with van der Waals surface area (Å²) in [5, 5.41) is 8.57. The number of benzene rings is 2. The molecule has 2 aromatic carbocycles. The van der Waals surface area contributed by atoms with E-state index in [1.807, 2.05) is 0 Å². The summed E-state index contributed by atoms with van der Waals surface area (Å²) in [6.45, 7) is 6.59. The molecule has 0 atom stereocenters. The van der Waals surface area contributed by atoms with Gasteiger partial charge in [-0.1, -0.05) is 42.5 Å². The fourth-order valence-electron chi connectivity index (χ4n) is 3.91. The second-order valence-electron chi connectivity index (χ2n) is 6.95. The molecule has 2 heterocycles. The molecule has 0 aliphatic carbocycles. The van der Waals surface area contributed by atoms with E-state index in [1.165, 1.54) is 40.9 Å². The smallest absolute Gasteiger partial charge is 0.0775 e. The van der Waals surface area contributed by atoms with Gasteiger partial charge in [-0.15, -0.1) is 0 Å². The highest BCUT2D eigenvalue weighted by molar-refractivity contribution is 5.70. The number of aromatic nitrogens is 2. The van der Waals surface area contributed by atoms with Crippen LogP contribution in [0.15, 0.2) is 54.6 Å². The standard InChI is InChI=1S/C22H25N3/c1-16-8-6-7-11-20(16)22-17(2)21(18-12-14-23-15-13-18)24-25(22)19-9-4-3-5-10-19/h3-11,18,23H,12-15H2,1-2H3. The Balaban J connectivity index is 1.91. The van der Waals surface area contributed by atoms with Gasteiger partial charge < -0.3 is 5.32 Å². The van der Waals surface area contributed by atoms with Crippen LogP contribution >= 0.6 is 0 Å². The van der Waals surface area contributed by atoms with E-state index in [2.05, 4.69) is 78.4 Å². The Kier molecular flexibility index (Phi) is 4.41. The lowest BCUT2D eigenvalue weighted by Gasteiger charge is -2.21. The molecule has 0 saturated carbocycles. The van der Waals surface area contributed by atoms with Gasteiger partial charge in [0, 0.05) is 11.5 Å². The van der Waals surface area contributed by atoms with Crippen molar-refractivity contribution in [2.45, 2.75) is 32.6 Å². The molecule has 0 radical (unpaired) electrons. The lowest BCUT2D eigenvalue weighted by Crippen LogP contribution is -2.27. The number of piperidine rings is 1. The van der Waals surface area contributed by atoms with Gasteiger partial charge in [0.05, 0.1) is 17.1 Å². The molecule has 1 N–H and O–H groups in total. The Morgan fingerprint density at radius 2 is 1.60 bits per heavy atom. The topological polar surface area (TPSA) is 29.9 Å². The van der Waals surface area contributed by atoms with Crippen LogP contribution in [0.3, 0.4) is 0 Å². The van der Waals surface area contributed by atoms with E-state index in [9.17, 15) is 0 Å². The van der Waals surface area contributed by atoms with Gasteiger partial charge >= 0.3 is 0 Å². The van der Waals surface area contributed by atoms with Crippen molar-refractivity contribution < 1.29 is 0 Å². The van der Waals surface area contributed by atoms with Crippen LogP contribution in [0.4, 0.5) is 0 Å². The average molecular weight is 331 g/mol. The summed E-state index contributed by atoms with van der Waals surface area (Å²) in [4.78, 5) is 0. The molecule has 0 unspecified atom stereocenters. The minimum absolute atomic E-state index is 0.550. The molecule has 1 saturated heterocycles. The zero-order valence-corrected chi connectivity index (χ0v) is 15.0. The molecule has 128 valence electrons. The highest BCUT2D eigenvalue weighted by Crippen LogP contribution is 2.36. The zero-order chi connectivity index (χ0) is 17.2. The van der Waals surface area contributed by atoms with Gasteiger partial charge in [0.2, 0.25) is 0 Å². The second kappa shape index (κ2) is 6.85. The number of hydrogen-bond acceptors (Lipinski definition) is 2. The molecule has 25 heavy (non-hydrogen) atoms. The lowest BCUT2D eigenvalue weighted by atomic mass is 9.91. The maximum absolute atomic E-state index is 5.11. The molecular weight excluding hydrogens is 306 g/mol. The lowest BCUT2D eigenvalue weighted by molar-refractivity contribution is 0.450. The first-order chi connectivity index (χ1) is 12.3. The summed E-state index contributed by atoms with van der Waals surface area (Å²) in [6.07, 6.45) is 2.33. The van der Waals surface area contributed by atoms with Crippen molar-refractivity contribution in [2.75, 3.05) is 13.1 Å². The molecule has 0 spiro atoms. The molecule has 0 amide bonds. The Bertz CT molecular complexity index is 858. The van der Waals surface area contributed by atoms with Crippen LogP contribution in [0.5, 0.6) is 0 Å². The molecule has 1 aliphatic heterocycles. The SMILES string of the molecule is Cc1ccccc1-c1c(C)c(C2CCNCC2)nn1-c1ccccc1. The summed E-state index contributed by atoms with van der Waals surface area (Å²) in [5.41, 5.74) is 7.52. The van der Waals surface area contributed by atoms with Crippen LogP contribution in [0.2, 0.25) is 0 Å². The molecule has 0 bridgehead atoms. The number of nitrogens with one attached hydrogen (secondary N) is 1. The number of aryl methyl sites for hydroxylation is 1. The van der Waals surface area contributed by atoms with Crippen molar-refractivity contribution in [3.63, 3.8) is 0 Å². The van der Waals surface area contributed by atoms with Crippen molar-refractivity contribution in [2.24, 2.45) is 0 Å². The minimum Gasteiger partial charge on any atom is -0.317 e. The number of hydrogen-bond donors (Lipinski definition) is 1. The summed E-state index contributed by atoms with van der Waals surface area (Å²) in [7, 11) is 0. The van der Waals surface area contributed by atoms with Crippen molar-refractivity contribution in [3.05, 3.63) is 71.4 Å². The second-order valence-corrected chi connectivity index (χ2v) is 6.95. The van der Waals surface area contributed by atoms with Gasteiger partial charge in [0.15, 0.2) is 0 Å². The van der Waals surface area contributed by atoms with E-state index in [4.69, 9.17) is 5.10 Å². The van der Waals surface area contributed by atoms with Crippen LogP contribution in [-0.2, 0) is 0 Å². The van der Waals surface area contributed by atoms with Gasteiger partial charge in [0.1, 0.15) is 0 Å². The van der Waals surface area contributed by atoms with Gasteiger partial charge in [-0.25, -0.2) is 4.68 Å². The molecule has 1 fully saturated rings. The predicted molar refractivity (Wildman–Crippen MR) is 103 cm³/mol. The first-order valence-electron chi connectivity index (χ1n) is 9.17. The summed E-state index contributed by atoms with van der Waals surface area (Å²) >= 11 is 0. The van der Waals surface area contributed by atoms with Crippen LogP contribution < -0.4 is 5.32 Å². The third-order valence-electron chi connectivity index (χ3n) is 5.29. The maximum Gasteiger partial charge on any atom is 0.0775 e. The maximum atomic E-state index is 5.11. The minimum atomic E-state index is 0.550. The quantitative estimate of drug-likeness (QED) is 0.759. The molecule has 3 aromatic rings. The van der Waals surface area contributed by atoms with E-state index in [0.717, 1.165) is 18.8 Å². The largest absolute Gasteiger partial charge is 0.317 e. The first kappa shape index (κ1) is 16.1. The molecule has 1 aliphatic rings. The van der Waals surface area contributed by atoms with Crippen molar-refractivity contribution in [1.29, 1.82) is 0 Å². The fourth-order valence-corrected chi connectivity index (χ4v) is 3.91. The monoisotopic (exact) mass is 331 g/mol. The van der Waals surface area contributed by atoms with E-state index in [0.29, 0.717) is 5.92 Å². The summed E-state index contributed by atoms with van der Waals surface area (Å²) in [6, 6.07) is 19.1. The normalized spacial score (nSPS) is 15.4. The molecule has 3 nitrogen and oxygen atoms in total. The number of para-hydroxylation sites is 1. The highest BCUT2D eigenvalue weighted by atomic mass is 15.3. The van der Waals surface area contributed by atoms with Crippen LogP contribution in [0, 0.1) is 13.8 Å². The van der Waals surface area contributed by atoms with Crippen LogP contribution in [-0.4, -0.2) is 22.9 Å². The Labute approximate surface area is 149 Å². The Morgan fingerprint density at radius 1 is 0.920 bits per heavy atom. The number of rotatable bonds is 3. The highest BCUT2D eigenvalue weighted by Gasteiger charge is 2.25. The Morgan fingerprint density at radius 3 is 2.32 bits per heavy atom. The van der Waals surface area contributed by atoms with Gasteiger partial charge in [0.25, 0.3) is 0 Å². The van der Waals surface area contributed by atoms with Crippen LogP contribution in [0.1, 0.15) is 35.6 Å². The van der Waals surface area contributed by atoms with E-state index in [-0.39, 0.29) is 0 Å². The average Bonchev–Trinajstić information content (AvgIpc) is 3.01. The third kappa shape index (κ3) is 3.00. The van der Waals surface area contributed by atoms with Gasteiger partial charge in [-0.3, -0.25) is 0 Å². The molecule has 1 aromatic heterocycles. The van der Waals surface area contributed by atoms with Crippen LogP contribution in [0.25, 0.3) is 16.9 Å². The zero-order valence-electron chi connectivity index (χ0n) is 15.0. The molecule has 4 rings (SSSR count). The van der Waals surface area contributed by atoms with E-state index in [1.54, 1.807) is 0 Å². The number of nitrogens with zero attached hydrogens (tertiary/aromatic N) is 2. The van der Waals surface area contributed by atoms with E-state index < -0.39 is 0 Å². The van der Waals surface area contributed by atoms with Crippen molar-refractivity contribution in [1.82, 2.24) is 15.1 Å². The van der Waals surface area contributed by atoms with Gasteiger partial charge in [-0.05, 0) is 63.0 Å². The summed E-state index contributed by atoms with van der Waals surface area (Å²) in [5.74, 6) is 0.550. The molecular formula is C22H25N3. The Hall–Kier alpha value is -2.39. The van der Waals surface area contributed by atoms with E-state index >= 15 is 0 Å². The molecule has 3 heteroatoms.